The lowest BCUT2D eigenvalue weighted by Crippen LogP contribution is -2.34. The van der Waals surface area contributed by atoms with Gasteiger partial charge in [-0.15, -0.1) is 6.58 Å². The van der Waals surface area contributed by atoms with Gasteiger partial charge in [0, 0.05) is 0 Å². The number of hydrogen-bond donors (Lipinski definition) is 1. The third-order valence-corrected chi connectivity index (χ3v) is 1.30. The topological polar surface area (TPSA) is 40.5 Å². The Kier molecular flexibility index (Phi) is 3.72. The molecule has 0 radical (unpaired) electrons. The number of carboxylic acids is 1. The number of nitrogens with zero attached hydrogens (tertiary/aromatic N) is 1. The number of rotatable bonds is 4. The van der Waals surface area contributed by atoms with E-state index in [0.29, 0.717) is 6.42 Å². The molecule has 0 saturated heterocycles. The Morgan fingerprint density at radius 1 is 1.80 bits per heavy atom. The number of hydrogen-bond acceptors (Lipinski definition) is 2. The lowest BCUT2D eigenvalue weighted by atomic mass is 10.2. The maximum Gasteiger partial charge on any atom is 0.321 e. The molecule has 0 rings (SSSR count). The van der Waals surface area contributed by atoms with Gasteiger partial charge in [0.15, 0.2) is 0 Å². The Balaban J connectivity index is 3.97. The monoisotopic (exact) mass is 143 g/mol. The highest BCUT2D eigenvalue weighted by Crippen LogP contribution is 1.99. The van der Waals surface area contributed by atoms with Crippen LogP contribution in [-0.2, 0) is 4.79 Å². The molecule has 0 saturated carbocycles. The second-order valence-corrected chi connectivity index (χ2v) is 2.34. The predicted molar refractivity (Wildman–Crippen MR) is 39.9 cm³/mol. The normalized spacial score (nSPS) is 13.1. The fourth-order valence-corrected chi connectivity index (χ4v) is 0.690. The van der Waals surface area contributed by atoms with Gasteiger partial charge in [0.25, 0.3) is 0 Å². The van der Waals surface area contributed by atoms with Gasteiger partial charge in [-0.2, -0.15) is 0 Å². The van der Waals surface area contributed by atoms with Crippen LogP contribution in [0.3, 0.4) is 0 Å². The lowest BCUT2D eigenvalue weighted by Gasteiger charge is -2.17. The van der Waals surface area contributed by atoms with E-state index in [2.05, 4.69) is 6.58 Å². The molecule has 0 aliphatic rings. The highest BCUT2D eigenvalue weighted by Gasteiger charge is 2.16. The van der Waals surface area contributed by atoms with Gasteiger partial charge in [0.05, 0.1) is 0 Å². The molecular weight excluding hydrogens is 130 g/mol. The first-order valence-corrected chi connectivity index (χ1v) is 3.09. The first kappa shape index (κ1) is 9.17. The molecule has 0 aromatic rings. The zero-order valence-electron chi connectivity index (χ0n) is 6.37. The van der Waals surface area contributed by atoms with E-state index in [4.69, 9.17) is 5.11 Å². The SMILES string of the molecule is C=CC[C@@H](C(=O)O)N(C)C. The largest absolute Gasteiger partial charge is 0.480 e. The molecule has 0 heterocycles. The fourth-order valence-electron chi connectivity index (χ4n) is 0.690. The minimum absolute atomic E-state index is 0.433. The Bertz CT molecular complexity index is 132. The van der Waals surface area contributed by atoms with Crippen LogP contribution in [0.5, 0.6) is 0 Å². The first-order chi connectivity index (χ1) is 4.59. The zero-order chi connectivity index (χ0) is 8.15. The smallest absolute Gasteiger partial charge is 0.321 e. The van der Waals surface area contributed by atoms with Crippen LogP contribution in [0.1, 0.15) is 6.42 Å². The van der Waals surface area contributed by atoms with Crippen LogP contribution in [0.2, 0.25) is 0 Å². The minimum Gasteiger partial charge on any atom is -0.480 e. The highest BCUT2D eigenvalue weighted by atomic mass is 16.4. The summed E-state index contributed by atoms with van der Waals surface area (Å²) in [4.78, 5) is 12.1. The maximum absolute atomic E-state index is 10.4. The average Bonchev–Trinajstić information content (AvgIpc) is 1.81. The van der Waals surface area contributed by atoms with Crippen LogP contribution in [-0.4, -0.2) is 36.1 Å². The molecule has 0 aliphatic heterocycles. The molecule has 3 heteroatoms. The maximum atomic E-state index is 10.4. The van der Waals surface area contributed by atoms with Crippen molar-refractivity contribution in [3.05, 3.63) is 12.7 Å². The number of aliphatic carboxylic acids is 1. The summed E-state index contributed by atoms with van der Waals surface area (Å²) in [5.74, 6) is -0.801. The summed E-state index contributed by atoms with van der Waals surface area (Å²) in [6, 6.07) is -0.433. The van der Waals surface area contributed by atoms with Gasteiger partial charge in [-0.3, -0.25) is 9.69 Å². The summed E-state index contributed by atoms with van der Waals surface area (Å²) < 4.78 is 0. The van der Waals surface area contributed by atoms with Crippen molar-refractivity contribution < 1.29 is 9.90 Å². The van der Waals surface area contributed by atoms with Gasteiger partial charge in [0.2, 0.25) is 0 Å². The van der Waals surface area contributed by atoms with E-state index < -0.39 is 12.0 Å². The van der Waals surface area contributed by atoms with E-state index in [1.807, 2.05) is 0 Å². The number of carbonyl (C=O) groups is 1. The highest BCUT2D eigenvalue weighted by molar-refractivity contribution is 5.73. The second kappa shape index (κ2) is 4.06. The zero-order valence-corrected chi connectivity index (χ0v) is 6.37. The molecule has 0 bridgehead atoms. The molecule has 0 aromatic carbocycles. The van der Waals surface area contributed by atoms with Gasteiger partial charge in [-0.25, -0.2) is 0 Å². The molecule has 0 aromatic heterocycles. The molecule has 0 aliphatic carbocycles. The summed E-state index contributed by atoms with van der Waals surface area (Å²) >= 11 is 0. The quantitative estimate of drug-likeness (QED) is 0.585. The molecular formula is C7H13NO2. The van der Waals surface area contributed by atoms with Crippen LogP contribution < -0.4 is 0 Å². The minimum atomic E-state index is -0.801. The third-order valence-electron chi connectivity index (χ3n) is 1.30. The van der Waals surface area contributed by atoms with Gasteiger partial charge < -0.3 is 5.11 Å². The van der Waals surface area contributed by atoms with Crippen molar-refractivity contribution in [1.29, 1.82) is 0 Å². The molecule has 0 unspecified atom stereocenters. The number of carboxylic acid groups (broad SMARTS) is 1. The van der Waals surface area contributed by atoms with Crippen LogP contribution in [0.15, 0.2) is 12.7 Å². The first-order valence-electron chi connectivity index (χ1n) is 3.09. The summed E-state index contributed by atoms with van der Waals surface area (Å²) in [6.07, 6.45) is 2.10. The van der Waals surface area contributed by atoms with E-state index in [9.17, 15) is 4.79 Å². The summed E-state index contributed by atoms with van der Waals surface area (Å²) in [5, 5.41) is 8.59. The van der Waals surface area contributed by atoms with Gasteiger partial charge in [0.1, 0.15) is 6.04 Å². The van der Waals surface area contributed by atoms with Crippen molar-refractivity contribution in [3.63, 3.8) is 0 Å². The average molecular weight is 143 g/mol. The molecule has 1 atom stereocenters. The van der Waals surface area contributed by atoms with Crippen molar-refractivity contribution in [3.8, 4) is 0 Å². The lowest BCUT2D eigenvalue weighted by molar-refractivity contribution is -0.142. The predicted octanol–water partition coefficient (Wildman–Crippen LogP) is 0.577. The van der Waals surface area contributed by atoms with Crippen molar-refractivity contribution in [2.45, 2.75) is 12.5 Å². The van der Waals surface area contributed by atoms with Crippen molar-refractivity contribution in [2.24, 2.45) is 0 Å². The van der Waals surface area contributed by atoms with Gasteiger partial charge in [-0.05, 0) is 20.5 Å². The van der Waals surface area contributed by atoms with Gasteiger partial charge >= 0.3 is 5.97 Å². The van der Waals surface area contributed by atoms with E-state index in [1.165, 1.54) is 0 Å². The second-order valence-electron chi connectivity index (χ2n) is 2.34. The Morgan fingerprint density at radius 3 is 2.40 bits per heavy atom. The summed E-state index contributed by atoms with van der Waals surface area (Å²) in [5.41, 5.74) is 0. The van der Waals surface area contributed by atoms with Crippen LogP contribution >= 0.6 is 0 Å². The van der Waals surface area contributed by atoms with E-state index in [-0.39, 0.29) is 0 Å². The van der Waals surface area contributed by atoms with Crippen molar-refractivity contribution >= 4 is 5.97 Å². The third kappa shape index (κ3) is 2.64. The molecule has 0 spiro atoms. The van der Waals surface area contributed by atoms with Crippen LogP contribution in [0.25, 0.3) is 0 Å². The molecule has 58 valence electrons. The van der Waals surface area contributed by atoms with E-state index in [0.717, 1.165) is 0 Å². The van der Waals surface area contributed by atoms with E-state index >= 15 is 0 Å². The molecule has 3 nitrogen and oxygen atoms in total. The summed E-state index contributed by atoms with van der Waals surface area (Å²) in [6.45, 7) is 3.48. The summed E-state index contributed by atoms with van der Waals surface area (Å²) in [7, 11) is 3.48. The van der Waals surface area contributed by atoms with Crippen LogP contribution in [0.4, 0.5) is 0 Å². The Labute approximate surface area is 61.0 Å². The molecule has 1 N–H and O–H groups in total. The van der Waals surface area contributed by atoms with Crippen molar-refractivity contribution in [1.82, 2.24) is 4.90 Å². The number of likely N-dealkylation sites (N-methyl/N-ethyl adjacent to an activating group) is 1. The Hall–Kier alpha value is -0.830. The fraction of sp³-hybridized carbons (Fsp3) is 0.571. The Morgan fingerprint density at radius 2 is 2.30 bits per heavy atom. The van der Waals surface area contributed by atoms with E-state index in [1.54, 1.807) is 25.1 Å². The van der Waals surface area contributed by atoms with Crippen molar-refractivity contribution in [2.75, 3.05) is 14.1 Å². The van der Waals surface area contributed by atoms with Crippen LogP contribution in [0, 0.1) is 0 Å². The molecule has 0 fully saturated rings. The molecule has 10 heavy (non-hydrogen) atoms. The van der Waals surface area contributed by atoms with Gasteiger partial charge in [-0.1, -0.05) is 6.08 Å². The molecule has 0 amide bonds. The standard InChI is InChI=1S/C7H13NO2/c1-4-5-6(7(9)10)8(2)3/h4,6H,1,5H2,2-3H3,(H,9,10)/t6-/m0/s1.